The number of rotatable bonds is 4. The van der Waals surface area contributed by atoms with Crippen molar-refractivity contribution in [1.29, 1.82) is 0 Å². The normalized spacial score (nSPS) is 21.9. The van der Waals surface area contributed by atoms with Crippen LogP contribution in [-0.4, -0.2) is 41.6 Å². The Morgan fingerprint density at radius 3 is 2.86 bits per heavy atom. The van der Waals surface area contributed by atoms with Crippen LogP contribution in [0.3, 0.4) is 0 Å². The van der Waals surface area contributed by atoms with Crippen LogP contribution in [0.5, 0.6) is 5.75 Å². The number of nitrogens with zero attached hydrogens (tertiary/aromatic N) is 1. The van der Waals surface area contributed by atoms with Gasteiger partial charge in [-0.25, -0.2) is 4.39 Å². The predicted octanol–water partition coefficient (Wildman–Crippen LogP) is 1.77. The lowest BCUT2D eigenvalue weighted by atomic mass is 9.90. The van der Waals surface area contributed by atoms with Crippen molar-refractivity contribution in [1.82, 2.24) is 4.90 Å². The Labute approximate surface area is 122 Å². The van der Waals surface area contributed by atoms with E-state index >= 15 is 0 Å². The third kappa shape index (κ3) is 4.18. The summed E-state index contributed by atoms with van der Waals surface area (Å²) in [5.41, 5.74) is 0. The highest BCUT2D eigenvalue weighted by molar-refractivity contribution is 5.79. The fourth-order valence-electron chi connectivity index (χ4n) is 2.53. The minimum Gasteiger partial charge on any atom is -0.484 e. The Morgan fingerprint density at radius 1 is 1.43 bits per heavy atom. The summed E-state index contributed by atoms with van der Waals surface area (Å²) in [6.07, 6.45) is 0.573. The second-order valence-corrected chi connectivity index (χ2v) is 5.42. The van der Waals surface area contributed by atoms with Crippen LogP contribution in [0, 0.1) is 17.7 Å². The number of piperidine rings is 1. The van der Waals surface area contributed by atoms with Crippen molar-refractivity contribution in [2.45, 2.75) is 13.3 Å². The Bertz CT molecular complexity index is 534. The van der Waals surface area contributed by atoms with Crippen LogP contribution < -0.4 is 4.74 Å². The Hall–Kier alpha value is -2.11. The highest BCUT2D eigenvalue weighted by atomic mass is 19.1. The molecule has 6 heteroatoms. The van der Waals surface area contributed by atoms with Gasteiger partial charge < -0.3 is 14.7 Å². The van der Waals surface area contributed by atoms with E-state index in [1.807, 2.05) is 6.92 Å². The third-order valence-electron chi connectivity index (χ3n) is 3.52. The number of carbonyl (C=O) groups excluding carboxylic acids is 1. The zero-order valence-electron chi connectivity index (χ0n) is 11.8. The molecule has 21 heavy (non-hydrogen) atoms. The number of hydrogen-bond acceptors (Lipinski definition) is 3. The minimum absolute atomic E-state index is 0.137. The number of carboxylic acids is 1. The van der Waals surface area contributed by atoms with Crippen molar-refractivity contribution >= 4 is 11.9 Å². The molecular formula is C15H18FNO4. The smallest absolute Gasteiger partial charge is 0.308 e. The van der Waals surface area contributed by atoms with Gasteiger partial charge in [0.05, 0.1) is 5.92 Å². The number of carbonyl (C=O) groups is 2. The third-order valence-corrected chi connectivity index (χ3v) is 3.52. The minimum atomic E-state index is -0.884. The number of carboxylic acid groups (broad SMARTS) is 1. The van der Waals surface area contributed by atoms with Crippen molar-refractivity contribution in [3.8, 4) is 5.75 Å². The van der Waals surface area contributed by atoms with Crippen molar-refractivity contribution in [2.24, 2.45) is 11.8 Å². The van der Waals surface area contributed by atoms with Crippen LogP contribution >= 0.6 is 0 Å². The lowest BCUT2D eigenvalue weighted by Gasteiger charge is -2.34. The molecule has 5 nitrogen and oxygen atoms in total. The molecule has 1 N–H and O–H groups in total. The van der Waals surface area contributed by atoms with Gasteiger partial charge in [0.25, 0.3) is 5.91 Å². The molecule has 1 aromatic carbocycles. The maximum atomic E-state index is 13.0. The Kier molecular flexibility index (Phi) is 4.77. The summed E-state index contributed by atoms with van der Waals surface area (Å²) in [6.45, 7) is 2.42. The van der Waals surface area contributed by atoms with Gasteiger partial charge in [-0.05, 0) is 24.5 Å². The standard InChI is InChI=1S/C15H18FNO4/c1-10-5-11(15(19)20)8-17(7-10)14(18)9-21-13-4-2-3-12(16)6-13/h2-4,6,10-11H,5,7-9H2,1H3,(H,19,20). The van der Waals surface area contributed by atoms with E-state index in [0.717, 1.165) is 0 Å². The highest BCUT2D eigenvalue weighted by Crippen LogP contribution is 2.22. The number of hydrogen-bond donors (Lipinski definition) is 1. The SMILES string of the molecule is CC1CC(C(=O)O)CN(C(=O)COc2cccc(F)c2)C1. The van der Waals surface area contributed by atoms with Crippen molar-refractivity contribution < 1.29 is 23.8 Å². The maximum absolute atomic E-state index is 13.0. The summed E-state index contributed by atoms with van der Waals surface area (Å²) in [6, 6.07) is 5.55. The van der Waals surface area contributed by atoms with Gasteiger partial charge in [0.2, 0.25) is 0 Å². The van der Waals surface area contributed by atoms with Crippen LogP contribution in [0.1, 0.15) is 13.3 Å². The monoisotopic (exact) mass is 295 g/mol. The van der Waals surface area contributed by atoms with Crippen LogP contribution in [0.15, 0.2) is 24.3 Å². The fraction of sp³-hybridized carbons (Fsp3) is 0.467. The van der Waals surface area contributed by atoms with Crippen LogP contribution in [-0.2, 0) is 9.59 Å². The number of ether oxygens (including phenoxy) is 1. The molecular weight excluding hydrogens is 277 g/mol. The fourth-order valence-corrected chi connectivity index (χ4v) is 2.53. The van der Waals surface area contributed by atoms with Gasteiger partial charge in [0.15, 0.2) is 6.61 Å². The van der Waals surface area contributed by atoms with Gasteiger partial charge in [0, 0.05) is 19.2 Å². The molecule has 0 spiro atoms. The molecule has 1 heterocycles. The highest BCUT2D eigenvalue weighted by Gasteiger charge is 2.31. The molecule has 1 fully saturated rings. The van der Waals surface area contributed by atoms with Gasteiger partial charge in [-0.3, -0.25) is 9.59 Å². The van der Waals surface area contributed by atoms with E-state index in [4.69, 9.17) is 9.84 Å². The molecule has 2 rings (SSSR count). The van der Waals surface area contributed by atoms with Gasteiger partial charge in [-0.1, -0.05) is 13.0 Å². The molecule has 1 saturated heterocycles. The first-order chi connectivity index (χ1) is 9.95. The van der Waals surface area contributed by atoms with Crippen molar-refractivity contribution in [2.75, 3.05) is 19.7 Å². The van der Waals surface area contributed by atoms with Crippen molar-refractivity contribution in [3.05, 3.63) is 30.1 Å². The lowest BCUT2D eigenvalue weighted by Crippen LogP contribution is -2.47. The first kappa shape index (κ1) is 15.3. The number of amides is 1. The van der Waals surface area contributed by atoms with E-state index in [1.165, 1.54) is 23.1 Å². The predicted molar refractivity (Wildman–Crippen MR) is 73.4 cm³/mol. The quantitative estimate of drug-likeness (QED) is 0.919. The molecule has 0 radical (unpaired) electrons. The number of likely N-dealkylation sites (tertiary alicyclic amines) is 1. The molecule has 0 aromatic heterocycles. The molecule has 1 aromatic rings. The van der Waals surface area contributed by atoms with Crippen LogP contribution in [0.25, 0.3) is 0 Å². The topological polar surface area (TPSA) is 66.8 Å². The van der Waals surface area contributed by atoms with E-state index in [2.05, 4.69) is 0 Å². The average molecular weight is 295 g/mol. The van der Waals surface area contributed by atoms with E-state index in [1.54, 1.807) is 6.07 Å². The van der Waals surface area contributed by atoms with Gasteiger partial charge in [0.1, 0.15) is 11.6 Å². The molecule has 0 bridgehead atoms. The number of halogens is 1. The summed E-state index contributed by atoms with van der Waals surface area (Å²) in [7, 11) is 0. The van der Waals surface area contributed by atoms with E-state index < -0.39 is 17.7 Å². The molecule has 0 aliphatic carbocycles. The summed E-state index contributed by atoms with van der Waals surface area (Å²) in [4.78, 5) is 24.7. The molecule has 1 amide bonds. The van der Waals surface area contributed by atoms with Crippen LogP contribution in [0.4, 0.5) is 4.39 Å². The summed E-state index contributed by atoms with van der Waals surface area (Å²) >= 11 is 0. The summed E-state index contributed by atoms with van der Waals surface area (Å²) in [5.74, 6) is -1.71. The van der Waals surface area contributed by atoms with Gasteiger partial charge >= 0.3 is 5.97 Å². The first-order valence-corrected chi connectivity index (χ1v) is 6.84. The maximum Gasteiger partial charge on any atom is 0.308 e. The molecule has 1 aliphatic rings. The van der Waals surface area contributed by atoms with Crippen LogP contribution in [0.2, 0.25) is 0 Å². The average Bonchev–Trinajstić information content (AvgIpc) is 2.44. The molecule has 1 aliphatic heterocycles. The number of aliphatic carboxylic acids is 1. The second-order valence-electron chi connectivity index (χ2n) is 5.42. The van der Waals surface area contributed by atoms with Gasteiger partial charge in [-0.15, -0.1) is 0 Å². The van der Waals surface area contributed by atoms with Crippen molar-refractivity contribution in [3.63, 3.8) is 0 Å². The zero-order valence-corrected chi connectivity index (χ0v) is 11.8. The second kappa shape index (κ2) is 6.56. The first-order valence-electron chi connectivity index (χ1n) is 6.84. The van der Waals surface area contributed by atoms with E-state index in [-0.39, 0.29) is 30.7 Å². The summed E-state index contributed by atoms with van der Waals surface area (Å²) < 4.78 is 18.3. The zero-order chi connectivity index (χ0) is 15.4. The Balaban J connectivity index is 1.92. The number of benzene rings is 1. The summed E-state index contributed by atoms with van der Waals surface area (Å²) in [5, 5.41) is 9.08. The largest absolute Gasteiger partial charge is 0.484 e. The molecule has 114 valence electrons. The van der Waals surface area contributed by atoms with Gasteiger partial charge in [-0.2, -0.15) is 0 Å². The van der Waals surface area contributed by atoms with E-state index in [0.29, 0.717) is 13.0 Å². The molecule has 0 saturated carbocycles. The van der Waals surface area contributed by atoms with E-state index in [9.17, 15) is 14.0 Å². The lowest BCUT2D eigenvalue weighted by molar-refractivity contribution is -0.147. The molecule has 2 atom stereocenters. The molecule has 2 unspecified atom stereocenters. The Morgan fingerprint density at radius 2 is 2.19 bits per heavy atom.